The van der Waals surface area contributed by atoms with E-state index in [1.54, 1.807) is 0 Å². The van der Waals surface area contributed by atoms with Crippen molar-refractivity contribution in [1.29, 1.82) is 0 Å². The minimum atomic E-state index is -0.794. The molecule has 6 heteroatoms. The lowest BCUT2D eigenvalue weighted by Crippen LogP contribution is -2.63. The van der Waals surface area contributed by atoms with E-state index in [1.165, 1.54) is 0 Å². The summed E-state index contributed by atoms with van der Waals surface area (Å²) in [5.41, 5.74) is 4.09. The number of aliphatic hydroxyl groups excluding tert-OH is 1. The van der Waals surface area contributed by atoms with E-state index >= 15 is 0 Å². The molecule has 6 unspecified atom stereocenters. The van der Waals surface area contributed by atoms with Gasteiger partial charge in [0.15, 0.2) is 6.29 Å². The van der Waals surface area contributed by atoms with Gasteiger partial charge in [0.05, 0.1) is 32.5 Å². The highest BCUT2D eigenvalue weighted by Crippen LogP contribution is 2.33. The highest BCUT2D eigenvalue weighted by Gasteiger charge is 2.50. The zero-order chi connectivity index (χ0) is 29.0. The number of hydrogen-bond acceptors (Lipinski definition) is 6. The van der Waals surface area contributed by atoms with Crippen LogP contribution in [0.2, 0.25) is 0 Å². The van der Waals surface area contributed by atoms with Gasteiger partial charge >= 0.3 is 0 Å². The van der Waals surface area contributed by atoms with Gasteiger partial charge in [-0.1, -0.05) is 128 Å². The lowest BCUT2D eigenvalue weighted by Gasteiger charge is -2.47. The molecule has 0 bridgehead atoms. The Morgan fingerprint density at radius 1 is 0.524 bits per heavy atom. The molecule has 5 rings (SSSR count). The van der Waals surface area contributed by atoms with Crippen LogP contribution in [0.15, 0.2) is 121 Å². The van der Waals surface area contributed by atoms with E-state index in [0.29, 0.717) is 32.8 Å². The normalized spacial score (nSPS) is 23.0. The predicted molar refractivity (Wildman–Crippen MR) is 161 cm³/mol. The van der Waals surface area contributed by atoms with Crippen molar-refractivity contribution in [3.05, 3.63) is 144 Å². The highest BCUT2D eigenvalue weighted by molar-refractivity contribution is 5.16. The molecule has 1 saturated heterocycles. The summed E-state index contributed by atoms with van der Waals surface area (Å²) in [6.07, 6.45) is -3.60. The maximum absolute atomic E-state index is 11.2. The highest BCUT2D eigenvalue weighted by atomic mass is 16.7. The molecule has 0 aromatic heterocycles. The molecule has 6 atom stereocenters. The molecule has 4 aromatic carbocycles. The molecule has 1 N–H and O–H groups in total. The minimum Gasteiger partial charge on any atom is -0.390 e. The van der Waals surface area contributed by atoms with E-state index in [2.05, 4.69) is 0 Å². The van der Waals surface area contributed by atoms with Gasteiger partial charge in [-0.05, 0) is 28.7 Å². The quantitative estimate of drug-likeness (QED) is 0.189. The molecular weight excluding hydrogens is 528 g/mol. The smallest absolute Gasteiger partial charge is 0.187 e. The first-order chi connectivity index (χ1) is 20.7. The summed E-state index contributed by atoms with van der Waals surface area (Å²) in [6, 6.07) is 40.0. The molecule has 1 heterocycles. The molecule has 4 aromatic rings. The van der Waals surface area contributed by atoms with Gasteiger partial charge < -0.3 is 28.8 Å². The fraction of sp³-hybridized carbons (Fsp3) is 0.333. The van der Waals surface area contributed by atoms with Crippen LogP contribution in [0.1, 0.15) is 35.6 Å². The second-order valence-corrected chi connectivity index (χ2v) is 10.5. The molecule has 1 fully saturated rings. The molecule has 220 valence electrons. The van der Waals surface area contributed by atoms with Crippen molar-refractivity contribution in [1.82, 2.24) is 0 Å². The zero-order valence-corrected chi connectivity index (χ0v) is 24.0. The second-order valence-electron chi connectivity index (χ2n) is 10.5. The Hall–Kier alpha value is -3.36. The SMILES string of the molecule is CCC(O)C1OC(OCc2ccccc2)C(OCc2ccccc2)C(OCc2ccccc2)C1OCc1ccccc1. The van der Waals surface area contributed by atoms with Crippen molar-refractivity contribution in [2.24, 2.45) is 0 Å². The molecule has 0 spiro atoms. The molecule has 0 amide bonds. The van der Waals surface area contributed by atoms with E-state index in [9.17, 15) is 5.11 Å². The Bertz CT molecular complexity index is 1290. The third-order valence-electron chi connectivity index (χ3n) is 7.44. The number of ether oxygens (including phenoxy) is 5. The fourth-order valence-corrected chi connectivity index (χ4v) is 5.12. The van der Waals surface area contributed by atoms with Crippen molar-refractivity contribution in [3.8, 4) is 0 Å². The average Bonchev–Trinajstić information content (AvgIpc) is 3.06. The molecule has 0 radical (unpaired) electrons. The Morgan fingerprint density at radius 3 is 1.29 bits per heavy atom. The largest absolute Gasteiger partial charge is 0.390 e. The number of hydrogen-bond donors (Lipinski definition) is 1. The minimum absolute atomic E-state index is 0.326. The van der Waals surface area contributed by atoms with Crippen LogP contribution in [-0.2, 0) is 50.1 Å². The maximum atomic E-state index is 11.2. The van der Waals surface area contributed by atoms with Crippen LogP contribution in [0.4, 0.5) is 0 Å². The molecule has 0 saturated carbocycles. The first kappa shape index (κ1) is 30.1. The van der Waals surface area contributed by atoms with Gasteiger partial charge in [-0.25, -0.2) is 0 Å². The average molecular weight is 569 g/mol. The van der Waals surface area contributed by atoms with Crippen LogP contribution >= 0.6 is 0 Å². The first-order valence-corrected chi connectivity index (χ1v) is 14.7. The summed E-state index contributed by atoms with van der Waals surface area (Å²) in [5.74, 6) is 0. The zero-order valence-electron chi connectivity index (χ0n) is 24.0. The van der Waals surface area contributed by atoms with Crippen molar-refractivity contribution in [2.75, 3.05) is 0 Å². The molecule has 0 aliphatic carbocycles. The summed E-state index contributed by atoms with van der Waals surface area (Å²) in [4.78, 5) is 0. The van der Waals surface area contributed by atoms with Crippen LogP contribution < -0.4 is 0 Å². The van der Waals surface area contributed by atoms with Gasteiger partial charge in [-0.2, -0.15) is 0 Å². The Labute approximate surface area is 248 Å². The summed E-state index contributed by atoms with van der Waals surface area (Å²) in [5, 5.41) is 11.2. The monoisotopic (exact) mass is 568 g/mol. The van der Waals surface area contributed by atoms with Gasteiger partial charge in [0.25, 0.3) is 0 Å². The third kappa shape index (κ3) is 8.35. The molecule has 6 nitrogen and oxygen atoms in total. The lowest BCUT2D eigenvalue weighted by atomic mass is 9.93. The van der Waals surface area contributed by atoms with E-state index in [4.69, 9.17) is 23.7 Å². The fourth-order valence-electron chi connectivity index (χ4n) is 5.12. The first-order valence-electron chi connectivity index (χ1n) is 14.7. The molecular formula is C36H40O6. The molecule has 1 aliphatic heterocycles. The van der Waals surface area contributed by atoms with Crippen LogP contribution in [0.3, 0.4) is 0 Å². The molecule has 1 aliphatic rings. The van der Waals surface area contributed by atoms with E-state index in [1.807, 2.05) is 128 Å². The Kier molecular flexibility index (Phi) is 11.3. The van der Waals surface area contributed by atoms with Crippen molar-refractivity contribution in [3.63, 3.8) is 0 Å². The summed E-state index contributed by atoms with van der Waals surface area (Å²) >= 11 is 0. The maximum Gasteiger partial charge on any atom is 0.187 e. The van der Waals surface area contributed by atoms with Gasteiger partial charge in [0, 0.05) is 0 Å². The van der Waals surface area contributed by atoms with Crippen LogP contribution in [0, 0.1) is 0 Å². The van der Waals surface area contributed by atoms with Crippen molar-refractivity contribution < 1.29 is 28.8 Å². The van der Waals surface area contributed by atoms with Crippen LogP contribution in [-0.4, -0.2) is 41.9 Å². The predicted octanol–water partition coefficient (Wildman–Crippen LogP) is 6.46. The van der Waals surface area contributed by atoms with Gasteiger partial charge in [-0.3, -0.25) is 0 Å². The summed E-state index contributed by atoms with van der Waals surface area (Å²) in [7, 11) is 0. The summed E-state index contributed by atoms with van der Waals surface area (Å²) < 4.78 is 32.7. The van der Waals surface area contributed by atoms with Crippen molar-refractivity contribution in [2.45, 2.75) is 76.6 Å². The standard InChI is InChI=1S/C36H40O6/c1-2-31(37)32-33(38-23-27-15-7-3-8-16-27)34(39-24-28-17-9-4-10-18-28)35(40-25-29-19-11-5-12-20-29)36(42-32)41-26-30-21-13-6-14-22-30/h3-22,31-37H,2,23-26H2,1H3. The number of rotatable bonds is 14. The summed E-state index contributed by atoms with van der Waals surface area (Å²) in [6.45, 7) is 3.29. The Balaban J connectivity index is 1.45. The Morgan fingerprint density at radius 2 is 0.881 bits per heavy atom. The molecule has 42 heavy (non-hydrogen) atoms. The van der Waals surface area contributed by atoms with Crippen LogP contribution in [0.25, 0.3) is 0 Å². The number of aliphatic hydroxyl groups is 1. The second kappa shape index (κ2) is 15.8. The van der Waals surface area contributed by atoms with Crippen molar-refractivity contribution >= 4 is 0 Å². The van der Waals surface area contributed by atoms with Gasteiger partial charge in [-0.15, -0.1) is 0 Å². The van der Waals surface area contributed by atoms with E-state index < -0.39 is 36.8 Å². The van der Waals surface area contributed by atoms with Gasteiger partial charge in [0.1, 0.15) is 24.4 Å². The van der Waals surface area contributed by atoms with Gasteiger partial charge in [0.2, 0.25) is 0 Å². The lowest BCUT2D eigenvalue weighted by molar-refractivity contribution is -0.336. The topological polar surface area (TPSA) is 66.4 Å². The third-order valence-corrected chi connectivity index (χ3v) is 7.44. The van der Waals surface area contributed by atoms with Crippen LogP contribution in [0.5, 0.6) is 0 Å². The van der Waals surface area contributed by atoms with E-state index in [0.717, 1.165) is 22.3 Å². The number of benzene rings is 4. The van der Waals surface area contributed by atoms with E-state index in [-0.39, 0.29) is 0 Å².